The second kappa shape index (κ2) is 8.75. The lowest BCUT2D eigenvalue weighted by atomic mass is 10.1. The molecular formula is C12H12F10O4. The summed E-state index contributed by atoms with van der Waals surface area (Å²) in [5, 5.41) is 0. The minimum Gasteiger partial charge on any atom is -0.394 e. The number of esters is 2. The minimum absolute atomic E-state index is 0.0182. The van der Waals surface area contributed by atoms with Crippen LogP contribution in [0, 0.1) is 0 Å². The number of unbranched alkanes of at least 4 members (excludes halogenated alkanes) is 3. The van der Waals surface area contributed by atoms with Crippen LogP contribution in [-0.4, -0.2) is 36.5 Å². The van der Waals surface area contributed by atoms with E-state index in [2.05, 4.69) is 9.47 Å². The first-order chi connectivity index (χ1) is 11.5. The quantitative estimate of drug-likeness (QED) is 0.314. The highest BCUT2D eigenvalue weighted by Gasteiger charge is 2.62. The molecule has 14 heteroatoms. The average Bonchev–Trinajstić information content (AvgIpc) is 2.38. The molecule has 154 valence electrons. The van der Waals surface area contributed by atoms with E-state index in [0.717, 1.165) is 0 Å². The molecule has 0 radical (unpaired) electrons. The van der Waals surface area contributed by atoms with Gasteiger partial charge in [-0.05, 0) is 12.8 Å². The molecule has 0 rings (SSSR count). The van der Waals surface area contributed by atoms with Crippen molar-refractivity contribution in [3.63, 3.8) is 0 Å². The van der Waals surface area contributed by atoms with Crippen molar-refractivity contribution in [2.75, 3.05) is 0 Å². The fourth-order valence-corrected chi connectivity index (χ4v) is 1.40. The molecule has 0 saturated heterocycles. The summed E-state index contributed by atoms with van der Waals surface area (Å²) in [7, 11) is 0. The van der Waals surface area contributed by atoms with Crippen molar-refractivity contribution in [3.05, 3.63) is 0 Å². The van der Waals surface area contributed by atoms with E-state index < -0.39 is 49.4 Å². The minimum atomic E-state index is -6.07. The molecule has 0 spiro atoms. The predicted octanol–water partition coefficient (Wildman–Crippen LogP) is 4.72. The Kier molecular flexibility index (Phi) is 8.16. The molecule has 0 atom stereocenters. The molecular weight excluding hydrogens is 398 g/mol. The standard InChI is InChI=1S/C12H12F10O4/c13-9(14,15)11(19,20)25-7(23)5-3-1-2-4-6-8(24)26-12(21,22)10(16,17)18/h1-6H2. The Morgan fingerprint density at radius 3 is 1.04 bits per heavy atom. The molecule has 0 aromatic carbocycles. The molecule has 0 bridgehead atoms. The van der Waals surface area contributed by atoms with Gasteiger partial charge in [-0.15, -0.1) is 0 Å². The number of halogens is 10. The maximum Gasteiger partial charge on any atom is 0.501 e. The fourth-order valence-electron chi connectivity index (χ4n) is 1.40. The van der Waals surface area contributed by atoms with Gasteiger partial charge in [-0.25, -0.2) is 0 Å². The van der Waals surface area contributed by atoms with Crippen molar-refractivity contribution in [1.82, 2.24) is 0 Å². The molecule has 0 heterocycles. The molecule has 0 unspecified atom stereocenters. The van der Waals surface area contributed by atoms with Crippen LogP contribution in [0.25, 0.3) is 0 Å². The third-order valence-corrected chi connectivity index (χ3v) is 2.66. The number of carbonyl (C=O) groups excluding carboxylic acids is 2. The number of carbonyl (C=O) groups is 2. The predicted molar refractivity (Wildman–Crippen MR) is 61.9 cm³/mol. The summed E-state index contributed by atoms with van der Waals surface area (Å²) in [6, 6.07) is 0. The Hall–Kier alpha value is -1.76. The maximum atomic E-state index is 12.4. The van der Waals surface area contributed by atoms with Crippen molar-refractivity contribution in [3.8, 4) is 0 Å². The van der Waals surface area contributed by atoms with Crippen molar-refractivity contribution in [1.29, 1.82) is 0 Å². The zero-order valence-corrected chi connectivity index (χ0v) is 12.7. The highest BCUT2D eigenvalue weighted by atomic mass is 19.4. The van der Waals surface area contributed by atoms with Crippen LogP contribution in [-0.2, 0) is 19.1 Å². The fraction of sp³-hybridized carbons (Fsp3) is 0.833. The van der Waals surface area contributed by atoms with Crippen molar-refractivity contribution in [2.45, 2.75) is 63.1 Å². The molecule has 0 aromatic heterocycles. The van der Waals surface area contributed by atoms with E-state index in [4.69, 9.17) is 0 Å². The van der Waals surface area contributed by atoms with Crippen LogP contribution in [0.2, 0.25) is 0 Å². The van der Waals surface area contributed by atoms with Gasteiger partial charge in [0, 0.05) is 12.8 Å². The molecule has 0 N–H and O–H groups in total. The number of hydrogen-bond donors (Lipinski definition) is 0. The molecule has 0 aliphatic rings. The number of alkyl halides is 10. The van der Waals surface area contributed by atoms with Crippen molar-refractivity contribution < 1.29 is 63.0 Å². The SMILES string of the molecule is O=C(CCCCCCC(=O)OC(F)(F)C(F)(F)F)OC(F)(F)C(F)(F)F. The summed E-state index contributed by atoms with van der Waals surface area (Å²) in [5.41, 5.74) is 0. The lowest BCUT2D eigenvalue weighted by Crippen LogP contribution is -2.40. The Morgan fingerprint density at radius 1 is 0.538 bits per heavy atom. The van der Waals surface area contributed by atoms with Gasteiger partial charge in [-0.3, -0.25) is 9.59 Å². The third-order valence-electron chi connectivity index (χ3n) is 2.66. The van der Waals surface area contributed by atoms with Gasteiger partial charge in [0.15, 0.2) is 0 Å². The summed E-state index contributed by atoms with van der Waals surface area (Å²) >= 11 is 0. The Balaban J connectivity index is 3.99. The molecule has 0 saturated carbocycles. The van der Waals surface area contributed by atoms with Gasteiger partial charge in [0.25, 0.3) is 0 Å². The molecule has 4 nitrogen and oxygen atoms in total. The first-order valence-corrected chi connectivity index (χ1v) is 6.82. The summed E-state index contributed by atoms with van der Waals surface area (Å²) in [4.78, 5) is 21.7. The van der Waals surface area contributed by atoms with E-state index in [-0.39, 0.29) is 25.7 Å². The monoisotopic (exact) mass is 410 g/mol. The van der Waals surface area contributed by atoms with E-state index in [1.165, 1.54) is 0 Å². The Morgan fingerprint density at radius 2 is 0.808 bits per heavy atom. The lowest BCUT2D eigenvalue weighted by molar-refractivity contribution is -0.376. The van der Waals surface area contributed by atoms with E-state index in [1.807, 2.05) is 0 Å². The highest BCUT2D eigenvalue weighted by molar-refractivity contribution is 5.70. The van der Waals surface area contributed by atoms with Crippen LogP contribution in [0.3, 0.4) is 0 Å². The molecule has 0 aromatic rings. The van der Waals surface area contributed by atoms with Gasteiger partial charge in [-0.2, -0.15) is 43.9 Å². The topological polar surface area (TPSA) is 52.6 Å². The average molecular weight is 410 g/mol. The largest absolute Gasteiger partial charge is 0.501 e. The summed E-state index contributed by atoms with van der Waals surface area (Å²) in [5.74, 6) is -3.67. The van der Waals surface area contributed by atoms with E-state index in [9.17, 15) is 53.5 Å². The summed E-state index contributed by atoms with van der Waals surface area (Å²) < 4.78 is 126. The van der Waals surface area contributed by atoms with Crippen LogP contribution < -0.4 is 0 Å². The zero-order valence-electron chi connectivity index (χ0n) is 12.7. The molecule has 0 aliphatic carbocycles. The van der Waals surface area contributed by atoms with Gasteiger partial charge < -0.3 is 9.47 Å². The molecule has 0 amide bonds. The second-order valence-electron chi connectivity index (χ2n) is 4.89. The van der Waals surface area contributed by atoms with Crippen LogP contribution in [0.15, 0.2) is 0 Å². The third kappa shape index (κ3) is 8.08. The van der Waals surface area contributed by atoms with Crippen LogP contribution >= 0.6 is 0 Å². The Bertz CT molecular complexity index is 439. The van der Waals surface area contributed by atoms with Gasteiger partial charge >= 0.3 is 36.5 Å². The van der Waals surface area contributed by atoms with Crippen LogP contribution in [0.1, 0.15) is 38.5 Å². The molecule has 0 fully saturated rings. The van der Waals surface area contributed by atoms with Gasteiger partial charge in [0.1, 0.15) is 0 Å². The first-order valence-electron chi connectivity index (χ1n) is 6.82. The van der Waals surface area contributed by atoms with Crippen molar-refractivity contribution in [2.24, 2.45) is 0 Å². The van der Waals surface area contributed by atoms with Gasteiger partial charge in [-0.1, -0.05) is 12.8 Å². The van der Waals surface area contributed by atoms with Gasteiger partial charge in [0.2, 0.25) is 0 Å². The highest BCUT2D eigenvalue weighted by Crippen LogP contribution is 2.37. The lowest BCUT2D eigenvalue weighted by Gasteiger charge is -2.19. The molecule has 26 heavy (non-hydrogen) atoms. The van der Waals surface area contributed by atoms with Gasteiger partial charge in [0.05, 0.1) is 0 Å². The normalized spacial score (nSPS) is 13.5. The number of ether oxygens (including phenoxy) is 2. The van der Waals surface area contributed by atoms with Crippen molar-refractivity contribution >= 4 is 11.9 Å². The van der Waals surface area contributed by atoms with Crippen LogP contribution in [0.4, 0.5) is 43.9 Å². The zero-order chi connectivity index (χ0) is 20.8. The van der Waals surface area contributed by atoms with E-state index in [0.29, 0.717) is 0 Å². The van der Waals surface area contributed by atoms with E-state index >= 15 is 0 Å². The number of hydrogen-bond acceptors (Lipinski definition) is 4. The summed E-state index contributed by atoms with van der Waals surface area (Å²) in [6.45, 7) is 0. The smallest absolute Gasteiger partial charge is 0.394 e. The second-order valence-corrected chi connectivity index (χ2v) is 4.89. The molecule has 0 aliphatic heterocycles. The maximum absolute atomic E-state index is 12.4. The van der Waals surface area contributed by atoms with Crippen LogP contribution in [0.5, 0.6) is 0 Å². The first kappa shape index (κ1) is 24.2. The number of rotatable bonds is 9. The van der Waals surface area contributed by atoms with E-state index in [1.54, 1.807) is 0 Å². The Labute approximate surface area is 139 Å². The summed E-state index contributed by atoms with van der Waals surface area (Å²) in [6.07, 6.45) is -25.6.